The zero-order valence-electron chi connectivity index (χ0n) is 24.9. The van der Waals surface area contributed by atoms with Crippen molar-refractivity contribution < 1.29 is 21.1 Å². The van der Waals surface area contributed by atoms with Crippen LogP contribution in [0.25, 0.3) is 66.1 Å². The second-order valence-corrected chi connectivity index (χ2v) is 12.0. The van der Waals surface area contributed by atoms with Gasteiger partial charge >= 0.3 is 21.1 Å². The molecule has 0 fully saturated rings. The molecule has 5 aromatic heterocycles. The van der Waals surface area contributed by atoms with Crippen molar-refractivity contribution >= 4 is 60.4 Å². The van der Waals surface area contributed by atoms with Gasteiger partial charge in [0.05, 0.1) is 22.2 Å². The minimum atomic E-state index is -0.480. The van der Waals surface area contributed by atoms with Crippen molar-refractivity contribution in [2.45, 2.75) is 26.2 Å². The zero-order valence-corrected chi connectivity index (χ0v) is 27.2. The van der Waals surface area contributed by atoms with Crippen LogP contribution in [0.4, 0.5) is 0 Å². The van der Waals surface area contributed by atoms with E-state index in [1.807, 2.05) is 30.3 Å². The Morgan fingerprint density at radius 2 is 1.38 bits per heavy atom. The van der Waals surface area contributed by atoms with Gasteiger partial charge in [0, 0.05) is 32.9 Å². The summed E-state index contributed by atoms with van der Waals surface area (Å²) < 4.78 is 4.46. The van der Waals surface area contributed by atoms with Gasteiger partial charge in [-0.25, -0.2) is 9.97 Å². The third kappa shape index (κ3) is 3.93. The molecule has 0 aliphatic carbocycles. The largest absolute Gasteiger partial charge is 2.00 e. The maximum atomic E-state index is 5.40. The molecule has 218 valence electrons. The number of pyridine rings is 3. The average Bonchev–Trinajstić information content (AvgIpc) is 3.61. The fourth-order valence-electron chi connectivity index (χ4n) is 6.77. The molecule has 4 aromatic carbocycles. The van der Waals surface area contributed by atoms with Gasteiger partial charge in [0.15, 0.2) is 0 Å². The normalized spacial score (nSPS) is 12.2. The average molecular weight is 761 g/mol. The fourth-order valence-corrected chi connectivity index (χ4v) is 6.77. The van der Waals surface area contributed by atoms with Gasteiger partial charge < -0.3 is 8.97 Å². The van der Waals surface area contributed by atoms with Crippen LogP contribution in [0.3, 0.4) is 0 Å². The Morgan fingerprint density at radius 3 is 2.22 bits per heavy atom. The van der Waals surface area contributed by atoms with Gasteiger partial charge in [-0.1, -0.05) is 48.3 Å². The number of aryl methyl sites for hydroxylation is 1. The van der Waals surface area contributed by atoms with E-state index in [2.05, 4.69) is 121 Å². The summed E-state index contributed by atoms with van der Waals surface area (Å²) in [5, 5.41) is 4.37. The van der Waals surface area contributed by atoms with E-state index in [9.17, 15) is 0 Å². The number of nitrogens with zero attached hydrogens (tertiary/aromatic N) is 5. The second kappa shape index (κ2) is 10.1. The molecule has 0 bridgehead atoms. The van der Waals surface area contributed by atoms with Crippen molar-refractivity contribution in [2.75, 3.05) is 0 Å². The van der Waals surface area contributed by atoms with E-state index in [4.69, 9.17) is 15.0 Å². The van der Waals surface area contributed by atoms with Crippen LogP contribution in [0.2, 0.25) is 0 Å². The van der Waals surface area contributed by atoms with Gasteiger partial charge in [-0.2, -0.15) is 24.3 Å². The molecule has 0 radical (unpaired) electrons. The van der Waals surface area contributed by atoms with Crippen LogP contribution in [-0.2, 0) is 26.5 Å². The van der Waals surface area contributed by atoms with E-state index in [0.717, 1.165) is 77.7 Å². The molecule has 0 N–H and O–H groups in total. The number of rotatable bonds is 3. The SMILES string of the molecule is Cc1cc[c-]c2c3nc(C(C)(C)c4ccc5c6ccccc6n(-c6[c-]cccc6)c5n4)ccc3n3c4ccccc4nc3c12.[Pt+2]. The van der Waals surface area contributed by atoms with Crippen LogP contribution in [0.15, 0.2) is 109 Å². The molecule has 0 unspecified atom stereocenters. The summed E-state index contributed by atoms with van der Waals surface area (Å²) in [6.45, 7) is 6.55. The van der Waals surface area contributed by atoms with Crippen molar-refractivity contribution in [1.82, 2.24) is 23.9 Å². The maximum absolute atomic E-state index is 5.40. The van der Waals surface area contributed by atoms with Crippen LogP contribution in [-0.4, -0.2) is 23.9 Å². The molecule has 0 saturated carbocycles. The summed E-state index contributed by atoms with van der Waals surface area (Å²) >= 11 is 0. The first kappa shape index (κ1) is 27.7. The first-order valence-electron chi connectivity index (χ1n) is 14.9. The Hall–Kier alpha value is -4.86. The molecule has 0 saturated heterocycles. The predicted molar refractivity (Wildman–Crippen MR) is 179 cm³/mol. The van der Waals surface area contributed by atoms with Gasteiger partial charge in [-0.15, -0.1) is 35.2 Å². The maximum Gasteiger partial charge on any atom is 2.00 e. The first-order valence-corrected chi connectivity index (χ1v) is 14.9. The topological polar surface area (TPSA) is 48.0 Å². The molecule has 5 heterocycles. The van der Waals surface area contributed by atoms with Crippen LogP contribution in [0.1, 0.15) is 30.8 Å². The van der Waals surface area contributed by atoms with Crippen molar-refractivity contribution in [3.8, 4) is 5.69 Å². The van der Waals surface area contributed by atoms with E-state index in [1.54, 1.807) is 0 Å². The minimum Gasteiger partial charge on any atom is -0.318 e. The molecule has 0 aliphatic heterocycles. The summed E-state index contributed by atoms with van der Waals surface area (Å²) in [4.78, 5) is 15.8. The third-order valence-electron chi connectivity index (χ3n) is 9.08. The van der Waals surface area contributed by atoms with E-state index in [0.29, 0.717) is 0 Å². The number of imidazole rings is 1. The molecule has 0 aliphatic rings. The molecule has 0 amide bonds. The van der Waals surface area contributed by atoms with Crippen LogP contribution in [0.5, 0.6) is 0 Å². The summed E-state index contributed by atoms with van der Waals surface area (Å²) in [7, 11) is 0. The number of hydrogen-bond donors (Lipinski definition) is 0. The number of fused-ring (bicyclic) bond motifs is 11. The van der Waals surface area contributed by atoms with Crippen molar-refractivity contribution in [3.63, 3.8) is 0 Å². The molecule has 5 nitrogen and oxygen atoms in total. The van der Waals surface area contributed by atoms with Crippen LogP contribution >= 0.6 is 0 Å². The molecule has 9 aromatic rings. The number of para-hydroxylation sites is 4. The Morgan fingerprint density at radius 1 is 0.622 bits per heavy atom. The van der Waals surface area contributed by atoms with E-state index in [-0.39, 0.29) is 21.1 Å². The number of aromatic nitrogens is 5. The molecule has 0 spiro atoms. The Labute approximate surface area is 274 Å². The Balaban J connectivity index is 0.00000300. The summed E-state index contributed by atoms with van der Waals surface area (Å²) in [5.74, 6) is 0. The van der Waals surface area contributed by atoms with Gasteiger partial charge in [0.1, 0.15) is 11.3 Å². The first-order chi connectivity index (χ1) is 21.5. The summed E-state index contributed by atoms with van der Waals surface area (Å²) in [6.07, 6.45) is 0. The minimum absolute atomic E-state index is 0. The van der Waals surface area contributed by atoms with Crippen LogP contribution < -0.4 is 0 Å². The molecular weight excluding hydrogens is 734 g/mol. The van der Waals surface area contributed by atoms with E-state index >= 15 is 0 Å². The predicted octanol–water partition coefficient (Wildman–Crippen LogP) is 8.91. The molecule has 9 rings (SSSR count). The molecule has 45 heavy (non-hydrogen) atoms. The number of hydrogen-bond acceptors (Lipinski definition) is 3. The van der Waals surface area contributed by atoms with E-state index in [1.165, 1.54) is 5.39 Å². The van der Waals surface area contributed by atoms with Gasteiger partial charge in [0.2, 0.25) is 0 Å². The van der Waals surface area contributed by atoms with Gasteiger partial charge in [-0.3, -0.25) is 4.98 Å². The van der Waals surface area contributed by atoms with Crippen molar-refractivity contribution in [1.29, 1.82) is 0 Å². The smallest absolute Gasteiger partial charge is 0.318 e. The molecule has 6 heteroatoms. The summed E-state index contributed by atoms with van der Waals surface area (Å²) in [6, 6.07) is 44.6. The van der Waals surface area contributed by atoms with Crippen molar-refractivity contribution in [2.24, 2.45) is 0 Å². The Kier molecular flexibility index (Phi) is 6.20. The fraction of sp³-hybridized carbons (Fsp3) is 0.103. The Bertz CT molecular complexity index is 2600. The van der Waals surface area contributed by atoms with Gasteiger partial charge in [-0.05, 0) is 56.3 Å². The quantitative estimate of drug-likeness (QED) is 0.134. The zero-order chi connectivity index (χ0) is 29.6. The monoisotopic (exact) mass is 760 g/mol. The molecule has 0 atom stereocenters. The third-order valence-corrected chi connectivity index (χ3v) is 9.08. The standard InChI is InChI=1S/C39H27N5.Pt/c1-24-12-11-16-28-35(24)38-40-29-17-8-10-19-31(29)44(38)32-21-23-33(41-36(28)32)39(2,3)34-22-20-27-26-15-7-9-18-30(26)43(37(27)42-34)25-13-5-4-6-14-25;/h4-13,15,17-23H,1-3H3;/q-2;+2. The number of benzene rings is 4. The summed E-state index contributed by atoms with van der Waals surface area (Å²) in [5.41, 5.74) is 10.5. The van der Waals surface area contributed by atoms with Crippen molar-refractivity contribution in [3.05, 3.63) is 138 Å². The molecular formula is C39H27N5Pt. The van der Waals surface area contributed by atoms with Crippen LogP contribution in [0, 0.1) is 19.1 Å². The second-order valence-electron chi connectivity index (χ2n) is 12.0. The van der Waals surface area contributed by atoms with E-state index < -0.39 is 5.41 Å². The van der Waals surface area contributed by atoms with Gasteiger partial charge in [0.25, 0.3) is 0 Å².